The van der Waals surface area contributed by atoms with Crippen molar-refractivity contribution >= 4 is 45.0 Å². The molecule has 0 radical (unpaired) electrons. The van der Waals surface area contributed by atoms with Gasteiger partial charge in [-0.15, -0.1) is 0 Å². The summed E-state index contributed by atoms with van der Waals surface area (Å²) in [6.45, 7) is 2.14. The summed E-state index contributed by atoms with van der Waals surface area (Å²) in [6.07, 6.45) is 0.476. The molecule has 0 spiro atoms. The number of nitrogens with one attached hydrogen (secondary N) is 1. The molecule has 0 bridgehead atoms. The third kappa shape index (κ3) is 2.56. The monoisotopic (exact) mass is 427 g/mol. The van der Waals surface area contributed by atoms with Crippen LogP contribution in [0.2, 0.25) is 0 Å². The number of benzene rings is 2. The molecule has 0 aliphatic carbocycles. The number of hydrogen-bond acceptors (Lipinski definition) is 3. The number of nitrogens with zero attached hydrogens (tertiary/aromatic N) is 2. The van der Waals surface area contributed by atoms with Crippen molar-refractivity contribution in [2.75, 3.05) is 16.8 Å². The van der Waals surface area contributed by atoms with Crippen molar-refractivity contribution in [2.45, 2.75) is 25.4 Å². The van der Waals surface area contributed by atoms with E-state index >= 15 is 0 Å². The normalized spacial score (nSPS) is 21.1. The van der Waals surface area contributed by atoms with Crippen molar-refractivity contribution in [3.8, 4) is 0 Å². The van der Waals surface area contributed by atoms with Crippen LogP contribution >= 0.6 is 15.9 Å². The van der Waals surface area contributed by atoms with Gasteiger partial charge in [-0.1, -0.05) is 34.1 Å². The van der Waals surface area contributed by atoms with E-state index in [4.69, 9.17) is 0 Å². The van der Waals surface area contributed by atoms with Gasteiger partial charge in [0.25, 0.3) is 11.8 Å². The van der Waals surface area contributed by atoms with Gasteiger partial charge in [0.1, 0.15) is 0 Å². The fourth-order valence-electron chi connectivity index (χ4n) is 4.00. The molecule has 27 heavy (non-hydrogen) atoms. The Hall–Kier alpha value is -2.67. The number of rotatable bonds is 3. The lowest BCUT2D eigenvalue weighted by molar-refractivity contribution is -0.128. The van der Waals surface area contributed by atoms with E-state index in [9.17, 15) is 14.4 Å². The molecule has 1 saturated heterocycles. The maximum absolute atomic E-state index is 13.4. The first kappa shape index (κ1) is 17.7. The maximum atomic E-state index is 13.4. The highest BCUT2D eigenvalue weighted by Gasteiger charge is 2.60. The van der Waals surface area contributed by atoms with Gasteiger partial charge >= 0.3 is 0 Å². The molecule has 1 unspecified atom stereocenters. The Morgan fingerprint density at radius 3 is 2.70 bits per heavy atom. The van der Waals surface area contributed by atoms with E-state index in [1.54, 1.807) is 36.4 Å². The van der Waals surface area contributed by atoms with Crippen LogP contribution in [0.1, 0.15) is 30.1 Å². The molecule has 2 aliphatic rings. The molecule has 1 atom stereocenters. The Morgan fingerprint density at radius 2 is 1.96 bits per heavy atom. The van der Waals surface area contributed by atoms with E-state index in [1.165, 1.54) is 9.80 Å². The van der Waals surface area contributed by atoms with Crippen molar-refractivity contribution in [3.05, 3.63) is 58.6 Å². The average Bonchev–Trinajstić information content (AvgIpc) is 3.01. The number of carbonyl (C=O) groups excluding carboxylic acids is 3. The first-order valence-corrected chi connectivity index (χ1v) is 9.59. The van der Waals surface area contributed by atoms with Crippen LogP contribution in [0.15, 0.2) is 53.0 Å². The Kier molecular flexibility index (Phi) is 4.26. The number of para-hydroxylation sites is 1. The number of fused-ring (bicyclic) bond motifs is 3. The van der Waals surface area contributed by atoms with Crippen molar-refractivity contribution in [3.63, 3.8) is 0 Å². The number of hydrogen-bond donors (Lipinski definition) is 1. The van der Waals surface area contributed by atoms with Crippen LogP contribution in [-0.2, 0) is 9.59 Å². The molecule has 1 fully saturated rings. The highest BCUT2D eigenvalue weighted by atomic mass is 79.9. The topological polar surface area (TPSA) is 69.7 Å². The summed E-state index contributed by atoms with van der Waals surface area (Å²) in [6, 6.07) is 14.2. The zero-order valence-electron chi connectivity index (χ0n) is 14.7. The smallest absolute Gasteiger partial charge is 0.271 e. The van der Waals surface area contributed by atoms with Gasteiger partial charge in [-0.25, -0.2) is 0 Å². The molecule has 2 aliphatic heterocycles. The third-order valence-electron chi connectivity index (χ3n) is 5.14. The van der Waals surface area contributed by atoms with E-state index in [-0.39, 0.29) is 30.6 Å². The first-order chi connectivity index (χ1) is 13.0. The van der Waals surface area contributed by atoms with Crippen LogP contribution in [0.3, 0.4) is 0 Å². The number of likely N-dealkylation sites (N-methyl/N-ethyl adjacent to an activating group) is 1. The summed E-state index contributed by atoms with van der Waals surface area (Å²) >= 11 is 3.39. The molecule has 6 nitrogen and oxygen atoms in total. The van der Waals surface area contributed by atoms with Gasteiger partial charge in [0.15, 0.2) is 0 Å². The highest BCUT2D eigenvalue weighted by molar-refractivity contribution is 9.10. The van der Waals surface area contributed by atoms with Crippen molar-refractivity contribution in [2.24, 2.45) is 0 Å². The Balaban J connectivity index is 1.84. The molecule has 2 aromatic carbocycles. The van der Waals surface area contributed by atoms with Crippen LogP contribution in [0.25, 0.3) is 0 Å². The molecule has 0 aromatic heterocycles. The minimum atomic E-state index is -1.35. The maximum Gasteiger partial charge on any atom is 0.271 e. The van der Waals surface area contributed by atoms with Gasteiger partial charge in [0.2, 0.25) is 11.6 Å². The minimum absolute atomic E-state index is 0.155. The van der Waals surface area contributed by atoms with Gasteiger partial charge in [-0.3, -0.25) is 19.3 Å². The second-order valence-corrected chi connectivity index (χ2v) is 7.49. The van der Waals surface area contributed by atoms with Gasteiger partial charge in [-0.05, 0) is 37.3 Å². The fraction of sp³-hybridized carbons (Fsp3) is 0.250. The van der Waals surface area contributed by atoms with Gasteiger partial charge in [0.05, 0.1) is 11.3 Å². The summed E-state index contributed by atoms with van der Waals surface area (Å²) in [4.78, 5) is 42.3. The molecule has 4 rings (SSSR count). The summed E-state index contributed by atoms with van der Waals surface area (Å²) in [5.41, 5.74) is 0.199. The number of amides is 3. The molecule has 7 heteroatoms. The lowest BCUT2D eigenvalue weighted by Gasteiger charge is -2.48. The Morgan fingerprint density at radius 1 is 1.19 bits per heavy atom. The van der Waals surface area contributed by atoms with Gasteiger partial charge in [0, 0.05) is 29.5 Å². The highest BCUT2D eigenvalue weighted by Crippen LogP contribution is 2.44. The van der Waals surface area contributed by atoms with E-state index in [1.807, 2.05) is 19.1 Å². The summed E-state index contributed by atoms with van der Waals surface area (Å²) in [5, 5.41) is 2.89. The molecule has 138 valence electrons. The second kappa shape index (κ2) is 6.49. The summed E-state index contributed by atoms with van der Waals surface area (Å²) in [5.74, 6) is -0.766. The Labute approximate surface area is 165 Å². The zero-order chi connectivity index (χ0) is 19.2. The fourth-order valence-corrected chi connectivity index (χ4v) is 4.40. The number of halogens is 1. The molecule has 0 saturated carbocycles. The number of anilines is 2. The van der Waals surface area contributed by atoms with Crippen molar-refractivity contribution in [1.29, 1.82) is 0 Å². The van der Waals surface area contributed by atoms with Crippen molar-refractivity contribution < 1.29 is 14.4 Å². The molecule has 3 amide bonds. The minimum Gasteiger partial charge on any atom is -0.322 e. The average molecular weight is 428 g/mol. The van der Waals surface area contributed by atoms with Gasteiger partial charge < -0.3 is 10.2 Å². The Bertz CT molecular complexity index is 961. The van der Waals surface area contributed by atoms with E-state index < -0.39 is 5.66 Å². The standard InChI is InChI=1S/C20H18BrN3O3/c1-2-23-18(26)15-8-3-4-9-16(15)24-17(25)10-11-20(23,24)19(27)22-14-7-5-6-13(21)12-14/h3-9,12H,2,10-11H2,1H3,(H,22,27). The molecular formula is C20H18BrN3O3. The number of carbonyl (C=O) groups is 3. The molecular weight excluding hydrogens is 410 g/mol. The largest absolute Gasteiger partial charge is 0.322 e. The first-order valence-electron chi connectivity index (χ1n) is 8.80. The van der Waals surface area contributed by atoms with E-state index in [2.05, 4.69) is 21.2 Å². The van der Waals surface area contributed by atoms with Crippen LogP contribution in [0.4, 0.5) is 11.4 Å². The van der Waals surface area contributed by atoms with E-state index in [0.717, 1.165) is 4.47 Å². The van der Waals surface area contributed by atoms with Crippen LogP contribution in [-0.4, -0.2) is 34.8 Å². The molecule has 1 N–H and O–H groups in total. The quantitative estimate of drug-likeness (QED) is 0.815. The van der Waals surface area contributed by atoms with Crippen LogP contribution < -0.4 is 10.2 Å². The summed E-state index contributed by atoms with van der Waals surface area (Å²) < 4.78 is 0.828. The third-order valence-corrected chi connectivity index (χ3v) is 5.63. The predicted molar refractivity (Wildman–Crippen MR) is 105 cm³/mol. The van der Waals surface area contributed by atoms with Crippen molar-refractivity contribution in [1.82, 2.24) is 4.90 Å². The van der Waals surface area contributed by atoms with E-state index in [0.29, 0.717) is 23.5 Å². The van der Waals surface area contributed by atoms with Gasteiger partial charge in [-0.2, -0.15) is 0 Å². The zero-order valence-corrected chi connectivity index (χ0v) is 16.3. The summed E-state index contributed by atoms with van der Waals surface area (Å²) in [7, 11) is 0. The van der Waals surface area contributed by atoms with Crippen LogP contribution in [0, 0.1) is 0 Å². The molecule has 2 heterocycles. The lowest BCUT2D eigenvalue weighted by Crippen LogP contribution is -2.69. The van der Waals surface area contributed by atoms with Crippen LogP contribution in [0.5, 0.6) is 0 Å². The SMILES string of the molecule is CCN1C(=O)c2ccccc2N2C(=O)CCC12C(=O)Nc1cccc(Br)c1. The second-order valence-electron chi connectivity index (χ2n) is 6.58. The molecule has 2 aromatic rings. The lowest BCUT2D eigenvalue weighted by atomic mass is 9.95. The predicted octanol–water partition coefficient (Wildman–Crippen LogP) is 3.39.